The molecule has 6 heteroatoms. The molecular weight excluding hydrogens is 267 g/mol. The molecule has 0 amide bonds. The molecule has 0 aromatic carbocycles. The number of halogens is 3. The Morgan fingerprint density at radius 3 is 2.55 bits per heavy atom. The Morgan fingerprint density at radius 2 is 1.95 bits per heavy atom. The van der Waals surface area contributed by atoms with Crippen LogP contribution in [0.25, 0.3) is 6.08 Å². The summed E-state index contributed by atoms with van der Waals surface area (Å²) in [6, 6.07) is 2.77. The Balaban J connectivity index is 2.39. The summed E-state index contributed by atoms with van der Waals surface area (Å²) in [5.41, 5.74) is -0.0250. The highest BCUT2D eigenvalue weighted by Gasteiger charge is 2.33. The van der Waals surface area contributed by atoms with Crippen LogP contribution in [0.1, 0.15) is 11.4 Å². The van der Waals surface area contributed by atoms with Gasteiger partial charge in [-0.25, -0.2) is 4.98 Å². The molecule has 1 fully saturated rings. The minimum Gasteiger partial charge on any atom is -0.369 e. The maximum absolute atomic E-state index is 12.9. The van der Waals surface area contributed by atoms with E-state index in [-0.39, 0.29) is 5.69 Å². The van der Waals surface area contributed by atoms with Crippen molar-refractivity contribution in [2.45, 2.75) is 6.18 Å². The van der Waals surface area contributed by atoms with E-state index in [2.05, 4.69) is 16.9 Å². The van der Waals surface area contributed by atoms with Crippen LogP contribution in [-0.4, -0.2) is 31.2 Å². The van der Waals surface area contributed by atoms with Crippen LogP contribution < -0.4 is 10.2 Å². The third kappa shape index (κ3) is 3.60. The topological polar surface area (TPSA) is 28.2 Å². The van der Waals surface area contributed by atoms with Crippen molar-refractivity contribution in [2.24, 2.45) is 0 Å². The first-order valence-electron chi connectivity index (χ1n) is 6.35. The molecule has 0 radical (unpaired) electrons. The molecule has 1 aliphatic heterocycles. The number of hydrogen-bond acceptors (Lipinski definition) is 3. The van der Waals surface area contributed by atoms with Gasteiger partial charge in [0, 0.05) is 31.9 Å². The summed E-state index contributed by atoms with van der Waals surface area (Å²) in [4.78, 5) is 5.56. The number of aromatic nitrogens is 1. The molecule has 0 atom stereocenters. The molecule has 0 spiro atoms. The monoisotopic (exact) mass is 283 g/mol. The molecule has 108 valence electrons. The van der Waals surface area contributed by atoms with Gasteiger partial charge in [-0.15, -0.1) is 0 Å². The predicted octanol–water partition coefficient (Wildman–Crippen LogP) is 2.71. The van der Waals surface area contributed by atoms with Crippen molar-refractivity contribution >= 4 is 11.8 Å². The normalized spacial score (nSPS) is 16.6. The fraction of sp³-hybridized carbons (Fsp3) is 0.357. The second-order valence-electron chi connectivity index (χ2n) is 4.47. The Morgan fingerprint density at radius 1 is 1.25 bits per heavy atom. The lowest BCUT2D eigenvalue weighted by atomic mass is 10.2. The molecule has 1 aromatic rings. The Bertz CT molecular complexity index is 503. The molecule has 0 aliphatic carbocycles. The quantitative estimate of drug-likeness (QED) is 0.865. The number of allylic oxidation sites excluding steroid dienone is 2. The zero-order chi connectivity index (χ0) is 14.6. The maximum Gasteiger partial charge on any atom is 0.433 e. The predicted molar refractivity (Wildman–Crippen MR) is 73.6 cm³/mol. The van der Waals surface area contributed by atoms with Crippen molar-refractivity contribution in [3.63, 3.8) is 0 Å². The molecule has 0 unspecified atom stereocenters. The fourth-order valence-corrected chi connectivity index (χ4v) is 2.04. The summed E-state index contributed by atoms with van der Waals surface area (Å²) in [6.07, 6.45) is 0.158. The first-order chi connectivity index (χ1) is 9.50. The fourth-order valence-electron chi connectivity index (χ4n) is 2.04. The van der Waals surface area contributed by atoms with Crippen LogP contribution in [-0.2, 0) is 6.18 Å². The van der Waals surface area contributed by atoms with Gasteiger partial charge in [0.2, 0.25) is 0 Å². The molecule has 3 nitrogen and oxygen atoms in total. The second-order valence-corrected chi connectivity index (χ2v) is 4.47. The van der Waals surface area contributed by atoms with Gasteiger partial charge in [0.1, 0.15) is 5.69 Å². The van der Waals surface area contributed by atoms with Crippen LogP contribution in [0.4, 0.5) is 18.9 Å². The van der Waals surface area contributed by atoms with Gasteiger partial charge in [0.05, 0.1) is 5.69 Å². The summed E-state index contributed by atoms with van der Waals surface area (Å²) in [7, 11) is 0. The number of rotatable bonds is 3. The van der Waals surface area contributed by atoms with Crippen molar-refractivity contribution in [1.82, 2.24) is 10.3 Å². The maximum atomic E-state index is 12.9. The van der Waals surface area contributed by atoms with E-state index in [9.17, 15) is 13.2 Å². The van der Waals surface area contributed by atoms with E-state index in [0.717, 1.165) is 19.2 Å². The van der Waals surface area contributed by atoms with Crippen LogP contribution in [0.2, 0.25) is 0 Å². The van der Waals surface area contributed by atoms with Gasteiger partial charge in [-0.2, -0.15) is 13.2 Å². The van der Waals surface area contributed by atoms with Crippen LogP contribution in [0.3, 0.4) is 0 Å². The van der Waals surface area contributed by atoms with E-state index in [1.165, 1.54) is 12.2 Å². The molecule has 1 aliphatic rings. The number of piperazine rings is 1. The van der Waals surface area contributed by atoms with Crippen LogP contribution in [0.15, 0.2) is 30.9 Å². The number of nitrogens with zero attached hydrogens (tertiary/aromatic N) is 2. The molecule has 20 heavy (non-hydrogen) atoms. The largest absolute Gasteiger partial charge is 0.433 e. The van der Waals surface area contributed by atoms with Gasteiger partial charge in [0.15, 0.2) is 0 Å². The van der Waals surface area contributed by atoms with Crippen molar-refractivity contribution in [3.8, 4) is 0 Å². The number of pyridine rings is 1. The lowest BCUT2D eigenvalue weighted by Crippen LogP contribution is -2.43. The average Bonchev–Trinajstić information content (AvgIpc) is 2.45. The minimum atomic E-state index is -4.44. The summed E-state index contributed by atoms with van der Waals surface area (Å²) < 4.78 is 38.7. The van der Waals surface area contributed by atoms with Gasteiger partial charge in [0.25, 0.3) is 0 Å². The van der Waals surface area contributed by atoms with Crippen molar-refractivity contribution in [2.75, 3.05) is 31.1 Å². The Hall–Kier alpha value is -1.82. The minimum absolute atomic E-state index is 0.285. The van der Waals surface area contributed by atoms with Gasteiger partial charge in [-0.05, 0) is 18.2 Å². The van der Waals surface area contributed by atoms with Gasteiger partial charge < -0.3 is 10.2 Å². The summed E-state index contributed by atoms with van der Waals surface area (Å²) in [6.45, 7) is 6.41. The first kappa shape index (κ1) is 14.6. The third-order valence-corrected chi connectivity index (χ3v) is 3.01. The van der Waals surface area contributed by atoms with Crippen molar-refractivity contribution in [3.05, 3.63) is 42.3 Å². The lowest BCUT2D eigenvalue weighted by molar-refractivity contribution is -0.141. The van der Waals surface area contributed by atoms with Gasteiger partial charge in [-0.3, -0.25) is 0 Å². The van der Waals surface area contributed by atoms with E-state index < -0.39 is 11.9 Å². The van der Waals surface area contributed by atoms with E-state index >= 15 is 0 Å². The molecule has 1 aromatic heterocycles. The molecule has 1 saturated heterocycles. The van der Waals surface area contributed by atoms with Gasteiger partial charge in [-0.1, -0.05) is 18.7 Å². The smallest absolute Gasteiger partial charge is 0.369 e. The average molecular weight is 283 g/mol. The highest BCUT2D eigenvalue weighted by atomic mass is 19.4. The van der Waals surface area contributed by atoms with Crippen LogP contribution >= 0.6 is 0 Å². The number of nitrogens with one attached hydrogen (secondary N) is 1. The van der Waals surface area contributed by atoms with E-state index in [1.807, 2.05) is 4.90 Å². The summed E-state index contributed by atoms with van der Waals surface area (Å²) in [5.74, 6) is 0. The molecule has 1 N–H and O–H groups in total. The Labute approximate surface area is 115 Å². The molecule has 2 heterocycles. The highest BCUT2D eigenvalue weighted by molar-refractivity contribution is 5.57. The zero-order valence-electron chi connectivity index (χ0n) is 11.0. The van der Waals surface area contributed by atoms with E-state index in [4.69, 9.17) is 0 Å². The molecule has 0 saturated carbocycles. The van der Waals surface area contributed by atoms with Crippen LogP contribution in [0.5, 0.6) is 0 Å². The van der Waals surface area contributed by atoms with E-state index in [0.29, 0.717) is 18.8 Å². The highest BCUT2D eigenvalue weighted by Crippen LogP contribution is 2.31. The summed E-state index contributed by atoms with van der Waals surface area (Å²) in [5, 5.41) is 3.17. The number of alkyl halides is 3. The van der Waals surface area contributed by atoms with Gasteiger partial charge >= 0.3 is 6.18 Å². The zero-order valence-corrected chi connectivity index (χ0v) is 11.0. The SMILES string of the molecule is C=C/C=C/c1cc(N2CCNCC2)cc(C(F)(F)F)n1. The first-order valence-corrected chi connectivity index (χ1v) is 6.35. The number of hydrogen-bond donors (Lipinski definition) is 1. The lowest BCUT2D eigenvalue weighted by Gasteiger charge is -2.30. The van der Waals surface area contributed by atoms with E-state index in [1.54, 1.807) is 12.1 Å². The number of anilines is 1. The Kier molecular flexibility index (Phi) is 4.44. The van der Waals surface area contributed by atoms with Crippen molar-refractivity contribution in [1.29, 1.82) is 0 Å². The molecule has 2 rings (SSSR count). The van der Waals surface area contributed by atoms with Crippen molar-refractivity contribution < 1.29 is 13.2 Å². The standard InChI is InChI=1S/C14H16F3N3/c1-2-3-4-11-9-12(20-7-5-18-6-8-20)10-13(19-11)14(15,16)17/h2-4,9-10,18H,1,5-8H2/b4-3+. The molecular formula is C14H16F3N3. The second kappa shape index (κ2) is 6.09. The summed E-state index contributed by atoms with van der Waals surface area (Å²) >= 11 is 0. The third-order valence-electron chi connectivity index (χ3n) is 3.01. The van der Waals surface area contributed by atoms with Crippen LogP contribution in [0, 0.1) is 0 Å². The molecule has 0 bridgehead atoms.